The Hall–Kier alpha value is -2.37. The van der Waals surface area contributed by atoms with Crippen LogP contribution >= 0.6 is 0 Å². The van der Waals surface area contributed by atoms with Crippen LogP contribution in [0.4, 0.5) is 0 Å². The lowest BCUT2D eigenvalue weighted by Gasteiger charge is -2.15. The fourth-order valence-corrected chi connectivity index (χ4v) is 1.44. The Labute approximate surface area is 110 Å². The van der Waals surface area contributed by atoms with Crippen LogP contribution in [0.5, 0.6) is 0 Å². The number of nitrogens with one attached hydrogen (secondary N) is 1. The van der Waals surface area contributed by atoms with Crippen molar-refractivity contribution in [3.05, 3.63) is 35.9 Å². The first-order chi connectivity index (χ1) is 9.04. The molecule has 6 nitrogen and oxygen atoms in total. The van der Waals surface area contributed by atoms with E-state index in [0.717, 1.165) is 0 Å². The van der Waals surface area contributed by atoms with Crippen LogP contribution in [0.25, 0.3) is 0 Å². The molecule has 0 aliphatic rings. The Bertz CT molecular complexity index is 457. The topological polar surface area (TPSA) is 92.7 Å². The number of carbonyl (C=O) groups excluding carboxylic acids is 2. The van der Waals surface area contributed by atoms with Gasteiger partial charge in [0.25, 0.3) is 5.91 Å². The number of amides is 1. The second-order valence-corrected chi connectivity index (χ2v) is 3.74. The highest BCUT2D eigenvalue weighted by atomic mass is 16.5. The zero-order chi connectivity index (χ0) is 14.3. The number of rotatable bonds is 6. The van der Waals surface area contributed by atoms with Gasteiger partial charge in [-0.05, 0) is 19.1 Å². The lowest BCUT2D eigenvalue weighted by atomic mass is 10.1. The van der Waals surface area contributed by atoms with Gasteiger partial charge < -0.3 is 15.2 Å². The quantitative estimate of drug-likeness (QED) is 0.743. The Morgan fingerprint density at radius 2 is 1.89 bits per heavy atom. The Kier molecular flexibility index (Phi) is 5.53. The zero-order valence-corrected chi connectivity index (χ0v) is 10.5. The Balaban J connectivity index is 2.74. The molecule has 1 atom stereocenters. The van der Waals surface area contributed by atoms with E-state index < -0.39 is 30.3 Å². The molecule has 1 unspecified atom stereocenters. The van der Waals surface area contributed by atoms with Crippen molar-refractivity contribution in [3.63, 3.8) is 0 Å². The molecule has 1 aromatic rings. The average Bonchev–Trinajstić information content (AvgIpc) is 2.38. The number of carboxylic acids is 1. The second kappa shape index (κ2) is 7.15. The second-order valence-electron chi connectivity index (χ2n) is 3.74. The van der Waals surface area contributed by atoms with Crippen LogP contribution in [0.3, 0.4) is 0 Å². The van der Waals surface area contributed by atoms with Gasteiger partial charge in [0, 0.05) is 5.56 Å². The molecule has 0 bridgehead atoms. The van der Waals surface area contributed by atoms with Crippen molar-refractivity contribution in [1.82, 2.24) is 5.32 Å². The van der Waals surface area contributed by atoms with Crippen molar-refractivity contribution in [3.8, 4) is 0 Å². The summed E-state index contributed by atoms with van der Waals surface area (Å²) in [5, 5.41) is 11.1. The van der Waals surface area contributed by atoms with Gasteiger partial charge in [-0.25, -0.2) is 4.79 Å². The van der Waals surface area contributed by atoms with E-state index in [4.69, 9.17) is 9.84 Å². The molecule has 0 fully saturated rings. The summed E-state index contributed by atoms with van der Waals surface area (Å²) in [5.74, 6) is -2.46. The summed E-state index contributed by atoms with van der Waals surface area (Å²) < 4.78 is 4.72. The maximum Gasteiger partial charge on any atom is 0.329 e. The van der Waals surface area contributed by atoms with Gasteiger partial charge in [-0.1, -0.05) is 18.2 Å². The molecule has 1 aromatic carbocycles. The minimum Gasteiger partial charge on any atom is -0.481 e. The van der Waals surface area contributed by atoms with Crippen LogP contribution in [0.2, 0.25) is 0 Å². The van der Waals surface area contributed by atoms with Gasteiger partial charge in [-0.3, -0.25) is 9.59 Å². The van der Waals surface area contributed by atoms with Crippen LogP contribution in [-0.4, -0.2) is 35.6 Å². The van der Waals surface area contributed by atoms with Crippen LogP contribution in [-0.2, 0) is 14.3 Å². The largest absolute Gasteiger partial charge is 0.481 e. The Morgan fingerprint density at radius 3 is 2.42 bits per heavy atom. The SMILES string of the molecule is CCOC(=O)C(CC(=O)O)NC(=O)c1ccccc1. The number of hydrogen-bond donors (Lipinski definition) is 2. The van der Waals surface area contributed by atoms with E-state index in [1.165, 1.54) is 0 Å². The van der Waals surface area contributed by atoms with Crippen molar-refractivity contribution in [2.75, 3.05) is 6.61 Å². The summed E-state index contributed by atoms with van der Waals surface area (Å²) >= 11 is 0. The summed E-state index contributed by atoms with van der Waals surface area (Å²) in [4.78, 5) is 34.1. The molecule has 0 saturated carbocycles. The lowest BCUT2D eigenvalue weighted by Crippen LogP contribution is -2.43. The number of hydrogen-bond acceptors (Lipinski definition) is 4. The number of carbonyl (C=O) groups is 3. The first kappa shape index (κ1) is 14.7. The molecular formula is C13H15NO5. The zero-order valence-electron chi connectivity index (χ0n) is 10.5. The highest BCUT2D eigenvalue weighted by Gasteiger charge is 2.25. The van der Waals surface area contributed by atoms with Gasteiger partial charge in [-0.15, -0.1) is 0 Å². The molecule has 2 N–H and O–H groups in total. The summed E-state index contributed by atoms with van der Waals surface area (Å²) in [5.41, 5.74) is 0.349. The van der Waals surface area contributed by atoms with Crippen molar-refractivity contribution < 1.29 is 24.2 Å². The van der Waals surface area contributed by atoms with E-state index >= 15 is 0 Å². The number of carboxylic acid groups (broad SMARTS) is 1. The molecule has 0 aromatic heterocycles. The molecule has 0 radical (unpaired) electrons. The van der Waals surface area contributed by atoms with Gasteiger partial charge in [0.1, 0.15) is 6.04 Å². The summed E-state index contributed by atoms with van der Waals surface area (Å²) in [6.07, 6.45) is -0.516. The van der Waals surface area contributed by atoms with Crippen molar-refractivity contribution in [2.24, 2.45) is 0 Å². The average molecular weight is 265 g/mol. The van der Waals surface area contributed by atoms with E-state index in [1.54, 1.807) is 37.3 Å². The summed E-state index contributed by atoms with van der Waals surface area (Å²) in [7, 11) is 0. The van der Waals surface area contributed by atoms with E-state index in [-0.39, 0.29) is 6.61 Å². The lowest BCUT2D eigenvalue weighted by molar-refractivity contribution is -0.149. The number of benzene rings is 1. The summed E-state index contributed by atoms with van der Waals surface area (Å²) in [6, 6.07) is 7.04. The normalized spacial score (nSPS) is 11.4. The van der Waals surface area contributed by atoms with Crippen molar-refractivity contribution in [2.45, 2.75) is 19.4 Å². The van der Waals surface area contributed by atoms with Crippen LogP contribution in [0.15, 0.2) is 30.3 Å². The molecule has 19 heavy (non-hydrogen) atoms. The third-order valence-electron chi connectivity index (χ3n) is 2.29. The molecule has 0 heterocycles. The smallest absolute Gasteiger partial charge is 0.329 e. The molecule has 0 spiro atoms. The van der Waals surface area contributed by atoms with Gasteiger partial charge in [0.2, 0.25) is 0 Å². The standard InChI is InChI=1S/C13H15NO5/c1-2-19-13(18)10(8-11(15)16)14-12(17)9-6-4-3-5-7-9/h3-7,10H,2,8H2,1H3,(H,14,17)(H,15,16). The summed E-state index contributed by atoms with van der Waals surface area (Å²) in [6.45, 7) is 1.73. The first-order valence-corrected chi connectivity index (χ1v) is 5.79. The van der Waals surface area contributed by atoms with Crippen LogP contribution < -0.4 is 5.32 Å². The fraction of sp³-hybridized carbons (Fsp3) is 0.308. The van der Waals surface area contributed by atoms with Crippen LogP contribution in [0.1, 0.15) is 23.7 Å². The molecular weight excluding hydrogens is 250 g/mol. The molecule has 6 heteroatoms. The number of aliphatic carboxylic acids is 1. The highest BCUT2D eigenvalue weighted by molar-refractivity contribution is 5.97. The molecule has 1 rings (SSSR count). The predicted molar refractivity (Wildman–Crippen MR) is 66.6 cm³/mol. The van der Waals surface area contributed by atoms with Crippen LogP contribution in [0, 0.1) is 0 Å². The molecule has 0 aliphatic heterocycles. The monoisotopic (exact) mass is 265 g/mol. The molecule has 0 aliphatic carbocycles. The van der Waals surface area contributed by atoms with Gasteiger partial charge in [0.05, 0.1) is 13.0 Å². The van der Waals surface area contributed by atoms with E-state index in [0.29, 0.717) is 5.56 Å². The minimum atomic E-state index is -1.19. The van der Waals surface area contributed by atoms with E-state index in [1.807, 2.05) is 0 Å². The molecule has 1 amide bonds. The van der Waals surface area contributed by atoms with Crippen molar-refractivity contribution >= 4 is 17.8 Å². The van der Waals surface area contributed by atoms with Gasteiger partial charge in [0.15, 0.2) is 0 Å². The number of ether oxygens (including phenoxy) is 1. The maximum atomic E-state index is 11.8. The predicted octanol–water partition coefficient (Wildman–Crippen LogP) is 0.823. The first-order valence-electron chi connectivity index (χ1n) is 5.79. The number of esters is 1. The molecule has 0 saturated heterocycles. The van der Waals surface area contributed by atoms with E-state index in [2.05, 4.69) is 5.32 Å². The maximum absolute atomic E-state index is 11.8. The minimum absolute atomic E-state index is 0.121. The van der Waals surface area contributed by atoms with Gasteiger partial charge >= 0.3 is 11.9 Å². The molecule has 102 valence electrons. The third-order valence-corrected chi connectivity index (χ3v) is 2.29. The van der Waals surface area contributed by atoms with E-state index in [9.17, 15) is 14.4 Å². The highest BCUT2D eigenvalue weighted by Crippen LogP contribution is 2.02. The Morgan fingerprint density at radius 1 is 1.26 bits per heavy atom. The fourth-order valence-electron chi connectivity index (χ4n) is 1.44. The van der Waals surface area contributed by atoms with Gasteiger partial charge in [-0.2, -0.15) is 0 Å². The van der Waals surface area contributed by atoms with Crippen molar-refractivity contribution in [1.29, 1.82) is 0 Å². The third kappa shape index (κ3) is 4.79.